The molecule has 2 heterocycles. The number of hydrogen-bond donors (Lipinski definition) is 0. The van der Waals surface area contributed by atoms with Crippen molar-refractivity contribution in [2.24, 2.45) is 0 Å². The summed E-state index contributed by atoms with van der Waals surface area (Å²) in [4.78, 5) is 0. The van der Waals surface area contributed by atoms with Crippen LogP contribution in [0.3, 0.4) is 0 Å². The number of allylic oxidation sites excluding steroid dienone is 1. The fraction of sp³-hybridized carbons (Fsp3) is 0.714. The molecule has 0 bridgehead atoms. The van der Waals surface area contributed by atoms with Gasteiger partial charge >= 0.3 is 0 Å². The summed E-state index contributed by atoms with van der Waals surface area (Å²) < 4.78 is 9.81. The van der Waals surface area contributed by atoms with Gasteiger partial charge in [0.05, 0.1) is 13.2 Å². The van der Waals surface area contributed by atoms with Gasteiger partial charge in [0.25, 0.3) is 0 Å². The second-order valence-corrected chi connectivity index (χ2v) is 2.15. The van der Waals surface area contributed by atoms with Crippen molar-refractivity contribution in [3.63, 3.8) is 0 Å². The van der Waals surface area contributed by atoms with Gasteiger partial charge in [-0.2, -0.15) is 0 Å². The first-order valence-corrected chi connectivity index (χ1v) is 3.18. The Kier molecular flexibility index (Phi) is 2.25. The van der Waals surface area contributed by atoms with E-state index in [-0.39, 0.29) is 0 Å². The van der Waals surface area contributed by atoms with E-state index in [1.165, 1.54) is 0 Å². The summed E-state index contributed by atoms with van der Waals surface area (Å²) >= 11 is 0. The summed E-state index contributed by atoms with van der Waals surface area (Å²) in [5.41, 5.74) is 0. The van der Waals surface area contributed by atoms with Crippen LogP contribution in [0.4, 0.5) is 0 Å². The highest BCUT2D eigenvalue weighted by Crippen LogP contribution is 2.25. The summed E-state index contributed by atoms with van der Waals surface area (Å²) in [5.74, 6) is 0. The topological polar surface area (TPSA) is 25.1 Å². The maximum absolute atomic E-state index is 4.91. The molecular formula is C7H12O2. The smallest absolute Gasteiger partial charge is 0.109 e. The zero-order chi connectivity index (χ0) is 6.69. The van der Waals surface area contributed by atoms with E-state index in [0.717, 1.165) is 13.2 Å². The Morgan fingerprint density at radius 3 is 1.67 bits per heavy atom. The van der Waals surface area contributed by atoms with Gasteiger partial charge in [-0.05, 0) is 6.92 Å². The first-order valence-electron chi connectivity index (χ1n) is 3.18. The molecular weight excluding hydrogens is 116 g/mol. The quantitative estimate of drug-likeness (QED) is 0.388. The van der Waals surface area contributed by atoms with Crippen LogP contribution in [0.2, 0.25) is 0 Å². The zero-order valence-electron chi connectivity index (χ0n) is 5.67. The van der Waals surface area contributed by atoms with Gasteiger partial charge in [0, 0.05) is 0 Å². The molecule has 0 N–H and O–H groups in total. The molecule has 0 amide bonds. The molecule has 0 aromatic carbocycles. The van der Waals surface area contributed by atoms with E-state index in [0.29, 0.717) is 12.2 Å². The third-order valence-corrected chi connectivity index (χ3v) is 1.13. The zero-order valence-corrected chi connectivity index (χ0v) is 5.67. The molecule has 2 aliphatic heterocycles. The van der Waals surface area contributed by atoms with Gasteiger partial charge in [0.1, 0.15) is 12.2 Å². The van der Waals surface area contributed by atoms with Gasteiger partial charge in [0.2, 0.25) is 0 Å². The summed E-state index contributed by atoms with van der Waals surface area (Å²) in [6.45, 7) is 7.12. The van der Waals surface area contributed by atoms with Gasteiger partial charge in [-0.3, -0.25) is 0 Å². The van der Waals surface area contributed by atoms with Crippen molar-refractivity contribution in [1.82, 2.24) is 0 Å². The Morgan fingerprint density at radius 2 is 1.56 bits per heavy atom. The molecule has 2 heteroatoms. The molecule has 2 saturated heterocycles. The monoisotopic (exact) mass is 128 g/mol. The standard InChI is InChI=1S/C4H6O2.C3H6/c1-3(5-1)4-2-6-4;1-3-2/h3-4H,1-2H2;3H,1H2,2H3. The van der Waals surface area contributed by atoms with Crippen LogP contribution < -0.4 is 0 Å². The van der Waals surface area contributed by atoms with E-state index in [1.54, 1.807) is 6.08 Å². The van der Waals surface area contributed by atoms with E-state index in [1.807, 2.05) is 6.92 Å². The minimum Gasteiger partial charge on any atom is -0.370 e. The molecule has 9 heavy (non-hydrogen) atoms. The van der Waals surface area contributed by atoms with Crippen LogP contribution in [0.1, 0.15) is 6.92 Å². The molecule has 0 aliphatic carbocycles. The number of hydrogen-bond acceptors (Lipinski definition) is 2. The maximum Gasteiger partial charge on any atom is 0.109 e. The third-order valence-electron chi connectivity index (χ3n) is 1.13. The van der Waals surface area contributed by atoms with E-state index in [9.17, 15) is 0 Å². The summed E-state index contributed by atoms with van der Waals surface area (Å²) in [6.07, 6.45) is 2.73. The van der Waals surface area contributed by atoms with Gasteiger partial charge in [-0.1, -0.05) is 6.08 Å². The van der Waals surface area contributed by atoms with E-state index in [4.69, 9.17) is 9.47 Å². The summed E-state index contributed by atoms with van der Waals surface area (Å²) in [7, 11) is 0. The lowest BCUT2D eigenvalue weighted by molar-refractivity contribution is 0.325. The highest BCUT2D eigenvalue weighted by molar-refractivity contribution is 4.86. The molecule has 0 aromatic heterocycles. The van der Waals surface area contributed by atoms with Crippen LogP contribution >= 0.6 is 0 Å². The van der Waals surface area contributed by atoms with Crippen LogP contribution in [-0.4, -0.2) is 25.4 Å². The molecule has 2 unspecified atom stereocenters. The Morgan fingerprint density at radius 1 is 1.33 bits per heavy atom. The SMILES string of the molecule is C1OC1C1CO1.C=CC. The summed E-state index contributed by atoms with van der Waals surface area (Å²) in [6, 6.07) is 0. The van der Waals surface area contributed by atoms with Gasteiger partial charge < -0.3 is 9.47 Å². The van der Waals surface area contributed by atoms with Crippen molar-refractivity contribution < 1.29 is 9.47 Å². The second kappa shape index (κ2) is 2.99. The van der Waals surface area contributed by atoms with Gasteiger partial charge in [0.15, 0.2) is 0 Å². The summed E-state index contributed by atoms with van der Waals surface area (Å²) in [5, 5.41) is 0. The third kappa shape index (κ3) is 2.63. The fourth-order valence-electron chi connectivity index (χ4n) is 0.540. The van der Waals surface area contributed by atoms with Crippen molar-refractivity contribution in [3.8, 4) is 0 Å². The Bertz CT molecular complexity index is 83.1. The van der Waals surface area contributed by atoms with E-state index < -0.39 is 0 Å². The average Bonchev–Trinajstić information content (AvgIpc) is 2.63. The largest absolute Gasteiger partial charge is 0.370 e. The molecule has 0 aromatic rings. The van der Waals surface area contributed by atoms with Crippen LogP contribution in [0.25, 0.3) is 0 Å². The highest BCUT2D eigenvalue weighted by Gasteiger charge is 2.41. The molecule has 0 saturated carbocycles. The highest BCUT2D eigenvalue weighted by atomic mass is 16.6. The lowest BCUT2D eigenvalue weighted by Crippen LogP contribution is -1.92. The van der Waals surface area contributed by atoms with E-state index in [2.05, 4.69) is 6.58 Å². The minimum absolute atomic E-state index is 0.491. The molecule has 2 nitrogen and oxygen atoms in total. The van der Waals surface area contributed by atoms with Gasteiger partial charge in [-0.25, -0.2) is 0 Å². The predicted octanol–water partition coefficient (Wildman–Crippen LogP) is 0.976. The Balaban J connectivity index is 0.000000120. The van der Waals surface area contributed by atoms with Crippen molar-refractivity contribution in [3.05, 3.63) is 12.7 Å². The molecule has 2 rings (SSSR count). The average molecular weight is 128 g/mol. The first kappa shape index (κ1) is 6.78. The van der Waals surface area contributed by atoms with Crippen molar-refractivity contribution >= 4 is 0 Å². The predicted molar refractivity (Wildman–Crippen MR) is 35.4 cm³/mol. The van der Waals surface area contributed by atoms with Crippen LogP contribution in [-0.2, 0) is 9.47 Å². The molecule has 52 valence electrons. The Hall–Kier alpha value is -0.340. The lowest BCUT2D eigenvalue weighted by Gasteiger charge is -1.70. The number of epoxide rings is 2. The fourth-order valence-corrected chi connectivity index (χ4v) is 0.540. The normalized spacial score (nSPS) is 36.1. The van der Waals surface area contributed by atoms with Gasteiger partial charge in [-0.15, -0.1) is 6.58 Å². The van der Waals surface area contributed by atoms with Crippen LogP contribution in [0.15, 0.2) is 12.7 Å². The van der Waals surface area contributed by atoms with Crippen LogP contribution in [0, 0.1) is 0 Å². The first-order chi connectivity index (χ1) is 4.38. The molecule has 0 spiro atoms. The molecule has 2 fully saturated rings. The minimum atomic E-state index is 0.491. The second-order valence-electron chi connectivity index (χ2n) is 2.15. The maximum atomic E-state index is 4.91. The van der Waals surface area contributed by atoms with Crippen molar-refractivity contribution in [1.29, 1.82) is 0 Å². The van der Waals surface area contributed by atoms with Crippen molar-refractivity contribution in [2.45, 2.75) is 19.1 Å². The molecule has 2 aliphatic rings. The van der Waals surface area contributed by atoms with Crippen molar-refractivity contribution in [2.75, 3.05) is 13.2 Å². The lowest BCUT2D eigenvalue weighted by atomic mass is 10.4. The van der Waals surface area contributed by atoms with E-state index >= 15 is 0 Å². The molecule has 0 radical (unpaired) electrons. The Labute approximate surface area is 55.5 Å². The number of ether oxygens (including phenoxy) is 2. The van der Waals surface area contributed by atoms with Crippen LogP contribution in [0.5, 0.6) is 0 Å². The number of rotatable bonds is 1. The molecule has 2 atom stereocenters.